The van der Waals surface area contributed by atoms with Gasteiger partial charge >= 0.3 is 0 Å². The SMILES string of the molecule is CCc1ccc(S(=O)(=O)N(c2ccccc2)[C@@H]2CS(=O)(=O)C[C@@H]2O)cc1. The molecule has 8 heteroatoms. The van der Waals surface area contributed by atoms with Crippen molar-refractivity contribution in [3.05, 3.63) is 60.2 Å². The number of sulfonamides is 1. The van der Waals surface area contributed by atoms with Crippen LogP contribution >= 0.6 is 0 Å². The lowest BCUT2D eigenvalue weighted by Gasteiger charge is -2.31. The van der Waals surface area contributed by atoms with E-state index in [1.54, 1.807) is 42.5 Å². The number of aliphatic hydroxyl groups excluding tert-OH is 1. The second-order valence-corrected chi connectivity index (χ2v) is 10.3. The lowest BCUT2D eigenvalue weighted by atomic mass is 10.2. The molecule has 0 aliphatic carbocycles. The number of aryl methyl sites for hydroxylation is 1. The first-order valence-electron chi connectivity index (χ1n) is 8.31. The van der Waals surface area contributed by atoms with Gasteiger partial charge in [-0.15, -0.1) is 0 Å². The standard InChI is InChI=1S/C18H21NO5S2/c1-2-14-8-10-16(11-9-14)26(23,24)19(15-6-4-3-5-7-15)17-12-25(21,22)13-18(17)20/h3-11,17-18,20H,2,12-13H2,1H3/t17-,18+/m1/s1. The highest BCUT2D eigenvalue weighted by Gasteiger charge is 2.44. The van der Waals surface area contributed by atoms with Crippen molar-refractivity contribution in [2.24, 2.45) is 0 Å². The van der Waals surface area contributed by atoms with Gasteiger partial charge in [0.05, 0.1) is 34.2 Å². The summed E-state index contributed by atoms with van der Waals surface area (Å²) in [6, 6.07) is 13.7. The van der Waals surface area contributed by atoms with Gasteiger partial charge in [-0.25, -0.2) is 16.8 Å². The first-order chi connectivity index (χ1) is 12.2. The molecule has 0 bridgehead atoms. The highest BCUT2D eigenvalue weighted by Crippen LogP contribution is 2.31. The Morgan fingerprint density at radius 2 is 1.65 bits per heavy atom. The van der Waals surface area contributed by atoms with Crippen molar-refractivity contribution in [2.75, 3.05) is 15.8 Å². The van der Waals surface area contributed by atoms with E-state index in [1.807, 2.05) is 6.92 Å². The van der Waals surface area contributed by atoms with Gasteiger partial charge in [0.15, 0.2) is 9.84 Å². The van der Waals surface area contributed by atoms with Crippen molar-refractivity contribution in [2.45, 2.75) is 30.4 Å². The van der Waals surface area contributed by atoms with Crippen LogP contribution in [0.25, 0.3) is 0 Å². The Morgan fingerprint density at radius 1 is 1.04 bits per heavy atom. The quantitative estimate of drug-likeness (QED) is 0.830. The molecule has 0 amide bonds. The Kier molecular flexibility index (Phi) is 5.09. The fraction of sp³-hybridized carbons (Fsp3) is 0.333. The number of nitrogens with zero attached hydrogens (tertiary/aromatic N) is 1. The van der Waals surface area contributed by atoms with Crippen LogP contribution in [-0.4, -0.2) is 45.6 Å². The lowest BCUT2D eigenvalue weighted by Crippen LogP contribution is -2.47. The minimum Gasteiger partial charge on any atom is -0.390 e. The van der Waals surface area contributed by atoms with E-state index in [1.165, 1.54) is 12.1 Å². The first-order valence-corrected chi connectivity index (χ1v) is 11.6. The lowest BCUT2D eigenvalue weighted by molar-refractivity contribution is 0.184. The van der Waals surface area contributed by atoms with Gasteiger partial charge in [-0.1, -0.05) is 37.3 Å². The van der Waals surface area contributed by atoms with Crippen LogP contribution < -0.4 is 4.31 Å². The summed E-state index contributed by atoms with van der Waals surface area (Å²) in [5, 5.41) is 10.3. The topological polar surface area (TPSA) is 91.8 Å². The smallest absolute Gasteiger partial charge is 0.264 e. The van der Waals surface area contributed by atoms with Gasteiger partial charge in [0.2, 0.25) is 0 Å². The van der Waals surface area contributed by atoms with Crippen molar-refractivity contribution >= 4 is 25.5 Å². The molecule has 1 aliphatic rings. The third kappa shape index (κ3) is 3.62. The van der Waals surface area contributed by atoms with Crippen LogP contribution in [0.15, 0.2) is 59.5 Å². The number of aliphatic hydroxyl groups is 1. The van der Waals surface area contributed by atoms with Crippen LogP contribution in [0.1, 0.15) is 12.5 Å². The van der Waals surface area contributed by atoms with E-state index in [4.69, 9.17) is 0 Å². The number of anilines is 1. The summed E-state index contributed by atoms with van der Waals surface area (Å²) in [5.41, 5.74) is 1.33. The van der Waals surface area contributed by atoms with Gasteiger partial charge in [-0.2, -0.15) is 0 Å². The van der Waals surface area contributed by atoms with Gasteiger partial charge in [-0.3, -0.25) is 4.31 Å². The predicted octanol–water partition coefficient (Wildman–Crippen LogP) is 1.60. The van der Waals surface area contributed by atoms with E-state index >= 15 is 0 Å². The van der Waals surface area contributed by atoms with E-state index < -0.39 is 43.5 Å². The molecule has 6 nitrogen and oxygen atoms in total. The molecule has 1 aliphatic heterocycles. The number of para-hydroxylation sites is 1. The minimum absolute atomic E-state index is 0.0649. The summed E-state index contributed by atoms with van der Waals surface area (Å²) in [6.45, 7) is 1.97. The molecule has 0 radical (unpaired) electrons. The molecule has 1 heterocycles. The van der Waals surface area contributed by atoms with Gasteiger partial charge in [0.25, 0.3) is 10.0 Å². The third-order valence-corrected chi connectivity index (χ3v) is 8.06. The maximum atomic E-state index is 13.3. The van der Waals surface area contributed by atoms with Crippen LogP contribution in [0.4, 0.5) is 5.69 Å². The number of hydrogen-bond donors (Lipinski definition) is 1. The molecule has 1 N–H and O–H groups in total. The molecule has 140 valence electrons. The Bertz CT molecular complexity index is 970. The first kappa shape index (κ1) is 18.9. The number of rotatable bonds is 5. The minimum atomic E-state index is -4.04. The maximum Gasteiger partial charge on any atom is 0.264 e. The normalized spacial score (nSPS) is 22.2. The Balaban J connectivity index is 2.11. The molecule has 1 saturated heterocycles. The molecule has 2 aromatic rings. The van der Waals surface area contributed by atoms with Crippen molar-refractivity contribution in [1.29, 1.82) is 0 Å². The molecule has 0 spiro atoms. The summed E-state index contributed by atoms with van der Waals surface area (Å²) < 4.78 is 51.5. The Labute approximate surface area is 154 Å². The molecule has 1 fully saturated rings. The zero-order chi connectivity index (χ0) is 18.9. The van der Waals surface area contributed by atoms with Crippen LogP contribution in [-0.2, 0) is 26.3 Å². The largest absolute Gasteiger partial charge is 0.390 e. The maximum absolute atomic E-state index is 13.3. The second-order valence-electron chi connectivity index (χ2n) is 6.35. The summed E-state index contributed by atoms with van der Waals surface area (Å²) in [7, 11) is -7.54. The van der Waals surface area contributed by atoms with Gasteiger partial charge in [-0.05, 0) is 36.2 Å². The zero-order valence-electron chi connectivity index (χ0n) is 14.3. The van der Waals surface area contributed by atoms with Crippen molar-refractivity contribution in [3.8, 4) is 0 Å². The molecule has 26 heavy (non-hydrogen) atoms. The second kappa shape index (κ2) is 7.02. The Morgan fingerprint density at radius 3 is 2.15 bits per heavy atom. The summed E-state index contributed by atoms with van der Waals surface area (Å²) in [6.07, 6.45) is -0.493. The number of benzene rings is 2. The predicted molar refractivity (Wildman–Crippen MR) is 100 cm³/mol. The Hall–Kier alpha value is -1.90. The van der Waals surface area contributed by atoms with Gasteiger partial charge in [0.1, 0.15) is 0 Å². The number of hydrogen-bond acceptors (Lipinski definition) is 5. The molecule has 0 unspecified atom stereocenters. The van der Waals surface area contributed by atoms with Gasteiger partial charge in [0, 0.05) is 0 Å². The molecule has 0 saturated carbocycles. The molecular formula is C18H21NO5S2. The van der Waals surface area contributed by atoms with E-state index in [0.29, 0.717) is 5.69 Å². The third-order valence-electron chi connectivity index (χ3n) is 4.49. The molecule has 2 aromatic carbocycles. The van der Waals surface area contributed by atoms with Crippen molar-refractivity contribution < 1.29 is 21.9 Å². The van der Waals surface area contributed by atoms with Crippen LogP contribution in [0, 0.1) is 0 Å². The van der Waals surface area contributed by atoms with Gasteiger partial charge < -0.3 is 5.11 Å². The van der Waals surface area contributed by atoms with Crippen LogP contribution in [0.2, 0.25) is 0 Å². The van der Waals surface area contributed by atoms with Crippen LogP contribution in [0.3, 0.4) is 0 Å². The van der Waals surface area contributed by atoms with E-state index in [9.17, 15) is 21.9 Å². The number of sulfone groups is 1. The molecular weight excluding hydrogens is 374 g/mol. The monoisotopic (exact) mass is 395 g/mol. The fourth-order valence-electron chi connectivity index (χ4n) is 3.13. The summed E-state index contributed by atoms with van der Waals surface area (Å²) in [5.74, 6) is -0.847. The zero-order valence-corrected chi connectivity index (χ0v) is 15.9. The van der Waals surface area contributed by atoms with Crippen molar-refractivity contribution in [1.82, 2.24) is 0 Å². The molecule has 0 aromatic heterocycles. The van der Waals surface area contributed by atoms with E-state index in [0.717, 1.165) is 16.3 Å². The highest BCUT2D eigenvalue weighted by atomic mass is 32.2. The summed E-state index contributed by atoms with van der Waals surface area (Å²) >= 11 is 0. The van der Waals surface area contributed by atoms with Crippen molar-refractivity contribution in [3.63, 3.8) is 0 Å². The summed E-state index contributed by atoms with van der Waals surface area (Å²) in [4.78, 5) is 0.0649. The molecule has 3 rings (SSSR count). The highest BCUT2D eigenvalue weighted by molar-refractivity contribution is 7.93. The average molecular weight is 396 g/mol. The van der Waals surface area contributed by atoms with E-state index in [-0.39, 0.29) is 4.90 Å². The molecule has 2 atom stereocenters. The van der Waals surface area contributed by atoms with E-state index in [2.05, 4.69) is 0 Å². The van der Waals surface area contributed by atoms with Crippen LogP contribution in [0.5, 0.6) is 0 Å². The fourth-order valence-corrected chi connectivity index (χ4v) is 6.67. The average Bonchev–Trinajstić information content (AvgIpc) is 2.88.